The zero-order valence-electron chi connectivity index (χ0n) is 16.7. The Morgan fingerprint density at radius 3 is 2.11 bits per heavy atom. The molecule has 2 amide bonds. The molecule has 1 aliphatic heterocycles. The number of amides is 2. The molecule has 0 spiro atoms. The van der Waals surface area contributed by atoms with Gasteiger partial charge in [-0.05, 0) is 56.3 Å². The number of nitrogens with zero attached hydrogens (tertiary/aromatic N) is 1. The van der Waals surface area contributed by atoms with Crippen LogP contribution < -0.4 is 14.2 Å². The fraction of sp³-hybridized carbons (Fsp3) is 0.421. The lowest BCUT2D eigenvalue weighted by molar-refractivity contribution is -0.156. The van der Waals surface area contributed by atoms with Gasteiger partial charge in [0.15, 0.2) is 11.5 Å². The Balaban J connectivity index is 2.27. The fourth-order valence-electron chi connectivity index (χ4n) is 2.48. The minimum atomic E-state index is -0.703. The number of ether oxygens (including phenoxy) is 4. The Labute approximate surface area is 167 Å². The molecule has 0 atom stereocenters. The van der Waals surface area contributed by atoms with Crippen LogP contribution in [0.15, 0.2) is 17.0 Å². The summed E-state index contributed by atoms with van der Waals surface area (Å²) in [7, 11) is 4.45. The lowest BCUT2D eigenvalue weighted by atomic mass is 10.1. The summed E-state index contributed by atoms with van der Waals surface area (Å²) in [6.07, 6.45) is 1.53. The van der Waals surface area contributed by atoms with Crippen molar-refractivity contribution < 1.29 is 33.3 Å². The lowest BCUT2D eigenvalue weighted by Gasteiger charge is -2.21. The van der Waals surface area contributed by atoms with Crippen LogP contribution in [0.5, 0.6) is 17.2 Å². The van der Waals surface area contributed by atoms with Crippen molar-refractivity contribution in [3.63, 3.8) is 0 Å². The SMILES string of the molecule is COc1cc(/C=C2/SC(=O)N(CC(=O)OC(C)(C)C)C2=O)cc(OC)c1OC. The number of benzene rings is 1. The molecule has 1 fully saturated rings. The van der Waals surface area contributed by atoms with Crippen molar-refractivity contribution in [2.75, 3.05) is 27.9 Å². The molecular weight excluding hydrogens is 386 g/mol. The highest BCUT2D eigenvalue weighted by atomic mass is 32.2. The molecule has 1 aliphatic rings. The van der Waals surface area contributed by atoms with E-state index in [1.165, 1.54) is 27.4 Å². The van der Waals surface area contributed by atoms with E-state index in [1.807, 2.05) is 0 Å². The van der Waals surface area contributed by atoms with E-state index in [9.17, 15) is 14.4 Å². The molecule has 0 radical (unpaired) electrons. The van der Waals surface area contributed by atoms with Gasteiger partial charge in [-0.15, -0.1) is 0 Å². The standard InChI is InChI=1S/C19H23NO7S/c1-19(2,3)27-15(21)10-20-17(22)14(28-18(20)23)9-11-7-12(24-4)16(26-6)13(8-11)25-5/h7-9H,10H2,1-6H3/b14-9+. The summed E-state index contributed by atoms with van der Waals surface area (Å²) in [6, 6.07) is 3.31. The average molecular weight is 409 g/mol. The number of esters is 1. The second kappa shape index (κ2) is 8.55. The lowest BCUT2D eigenvalue weighted by Crippen LogP contribution is -2.37. The molecule has 2 rings (SSSR count). The Morgan fingerprint density at radius 2 is 1.64 bits per heavy atom. The summed E-state index contributed by atoms with van der Waals surface area (Å²) in [4.78, 5) is 37.8. The topological polar surface area (TPSA) is 91.4 Å². The Kier molecular flexibility index (Phi) is 6.60. The molecule has 1 aromatic rings. The maximum Gasteiger partial charge on any atom is 0.326 e. The summed E-state index contributed by atoms with van der Waals surface area (Å²) in [5.41, 5.74) is -0.123. The van der Waals surface area contributed by atoms with Crippen molar-refractivity contribution in [1.82, 2.24) is 4.90 Å². The van der Waals surface area contributed by atoms with Gasteiger partial charge in [0.1, 0.15) is 12.1 Å². The average Bonchev–Trinajstić information content (AvgIpc) is 2.86. The van der Waals surface area contributed by atoms with E-state index in [-0.39, 0.29) is 4.91 Å². The molecule has 0 N–H and O–H groups in total. The molecule has 9 heteroatoms. The van der Waals surface area contributed by atoms with Crippen LogP contribution in [0.1, 0.15) is 26.3 Å². The van der Waals surface area contributed by atoms with Crippen LogP contribution in [0.4, 0.5) is 4.79 Å². The number of rotatable bonds is 6. The first-order valence-corrected chi connectivity index (χ1v) is 9.18. The predicted molar refractivity (Wildman–Crippen MR) is 105 cm³/mol. The first-order valence-electron chi connectivity index (χ1n) is 8.37. The fourth-order valence-corrected chi connectivity index (χ4v) is 3.31. The molecule has 0 aliphatic carbocycles. The monoisotopic (exact) mass is 409 g/mol. The van der Waals surface area contributed by atoms with Gasteiger partial charge in [0.05, 0.1) is 26.2 Å². The van der Waals surface area contributed by atoms with Gasteiger partial charge in [0.25, 0.3) is 11.1 Å². The molecule has 1 heterocycles. The number of carbonyl (C=O) groups is 3. The van der Waals surface area contributed by atoms with Crippen molar-refractivity contribution in [3.05, 3.63) is 22.6 Å². The summed E-state index contributed by atoms with van der Waals surface area (Å²) in [5, 5.41) is -0.533. The largest absolute Gasteiger partial charge is 0.493 e. The van der Waals surface area contributed by atoms with E-state index in [2.05, 4.69) is 0 Å². The van der Waals surface area contributed by atoms with Gasteiger partial charge < -0.3 is 18.9 Å². The smallest absolute Gasteiger partial charge is 0.326 e. The summed E-state index contributed by atoms with van der Waals surface area (Å²) in [5.74, 6) is 0.0424. The van der Waals surface area contributed by atoms with E-state index in [4.69, 9.17) is 18.9 Å². The number of methoxy groups -OCH3 is 3. The van der Waals surface area contributed by atoms with Crippen LogP contribution in [0, 0.1) is 0 Å². The second-order valence-corrected chi connectivity index (χ2v) is 7.81. The Bertz CT molecular complexity index is 801. The number of hydrogen-bond donors (Lipinski definition) is 0. The molecule has 152 valence electrons. The molecule has 0 saturated carbocycles. The first-order chi connectivity index (χ1) is 13.1. The molecule has 1 saturated heterocycles. The van der Waals surface area contributed by atoms with Gasteiger partial charge in [-0.25, -0.2) is 0 Å². The van der Waals surface area contributed by atoms with E-state index < -0.39 is 29.3 Å². The molecule has 0 bridgehead atoms. The van der Waals surface area contributed by atoms with Crippen LogP contribution in [-0.2, 0) is 14.3 Å². The van der Waals surface area contributed by atoms with Crippen molar-refractivity contribution in [3.8, 4) is 17.2 Å². The van der Waals surface area contributed by atoms with Crippen molar-refractivity contribution >= 4 is 35.0 Å². The number of thioether (sulfide) groups is 1. The van der Waals surface area contributed by atoms with Crippen molar-refractivity contribution in [1.29, 1.82) is 0 Å². The number of imide groups is 1. The maximum atomic E-state index is 12.6. The van der Waals surface area contributed by atoms with E-state index in [1.54, 1.807) is 32.9 Å². The van der Waals surface area contributed by atoms with Gasteiger partial charge in [0.2, 0.25) is 5.75 Å². The van der Waals surface area contributed by atoms with Crippen molar-refractivity contribution in [2.24, 2.45) is 0 Å². The zero-order chi connectivity index (χ0) is 21.1. The van der Waals surface area contributed by atoms with Crippen LogP contribution in [0.25, 0.3) is 6.08 Å². The Hall–Kier alpha value is -2.68. The molecule has 0 unspecified atom stereocenters. The molecule has 0 aromatic heterocycles. The maximum absolute atomic E-state index is 12.6. The summed E-state index contributed by atoms with van der Waals surface area (Å²) < 4.78 is 21.0. The number of carbonyl (C=O) groups excluding carboxylic acids is 3. The predicted octanol–water partition coefficient (Wildman–Crippen LogP) is 3.09. The van der Waals surface area contributed by atoms with Crippen LogP contribution in [0.2, 0.25) is 0 Å². The summed E-state index contributed by atoms with van der Waals surface area (Å²) >= 11 is 0.751. The van der Waals surface area contributed by atoms with Gasteiger partial charge >= 0.3 is 5.97 Å². The molecule has 28 heavy (non-hydrogen) atoms. The summed E-state index contributed by atoms with van der Waals surface area (Å²) in [6.45, 7) is 4.70. The highest BCUT2D eigenvalue weighted by Crippen LogP contribution is 2.40. The Morgan fingerprint density at radius 1 is 1.07 bits per heavy atom. The van der Waals surface area contributed by atoms with Crippen LogP contribution >= 0.6 is 11.8 Å². The van der Waals surface area contributed by atoms with Crippen molar-refractivity contribution in [2.45, 2.75) is 26.4 Å². The van der Waals surface area contributed by atoms with Gasteiger partial charge in [-0.2, -0.15) is 0 Å². The number of hydrogen-bond acceptors (Lipinski definition) is 8. The van der Waals surface area contributed by atoms with E-state index >= 15 is 0 Å². The second-order valence-electron chi connectivity index (χ2n) is 6.81. The van der Waals surface area contributed by atoms with Crippen LogP contribution in [0.3, 0.4) is 0 Å². The van der Waals surface area contributed by atoms with Gasteiger partial charge in [-0.1, -0.05) is 0 Å². The quantitative estimate of drug-likeness (QED) is 0.523. The van der Waals surface area contributed by atoms with Gasteiger partial charge in [0, 0.05) is 0 Å². The van der Waals surface area contributed by atoms with Gasteiger partial charge in [-0.3, -0.25) is 19.3 Å². The molecule has 1 aromatic carbocycles. The minimum Gasteiger partial charge on any atom is -0.493 e. The molecule has 8 nitrogen and oxygen atoms in total. The first kappa shape index (κ1) is 21.6. The van der Waals surface area contributed by atoms with E-state index in [0.717, 1.165) is 16.7 Å². The van der Waals surface area contributed by atoms with E-state index in [0.29, 0.717) is 22.8 Å². The normalized spacial score (nSPS) is 15.8. The third-order valence-corrected chi connectivity index (χ3v) is 4.47. The minimum absolute atomic E-state index is 0.183. The van der Waals surface area contributed by atoms with Crippen LogP contribution in [-0.4, -0.2) is 55.5 Å². The third-order valence-electron chi connectivity index (χ3n) is 3.57. The highest BCUT2D eigenvalue weighted by Gasteiger charge is 2.37. The molecular formula is C19H23NO7S. The third kappa shape index (κ3) is 4.98. The zero-order valence-corrected chi connectivity index (χ0v) is 17.5. The highest BCUT2D eigenvalue weighted by molar-refractivity contribution is 8.18.